The van der Waals surface area contributed by atoms with Crippen LogP contribution < -0.4 is 0 Å². The van der Waals surface area contributed by atoms with Crippen molar-refractivity contribution in [2.75, 3.05) is 19.1 Å². The fraction of sp³-hybridized carbons (Fsp3) is 0.583. The number of rotatable bonds is 7. The van der Waals surface area contributed by atoms with Gasteiger partial charge in [0.25, 0.3) is 10.0 Å². The number of hydrogen-bond acceptors (Lipinski definition) is 5. The van der Waals surface area contributed by atoms with Gasteiger partial charge in [-0.05, 0) is 37.0 Å². The Morgan fingerprint density at radius 1 is 1.47 bits per heavy atom. The van der Waals surface area contributed by atoms with Gasteiger partial charge in [0.2, 0.25) is 0 Å². The van der Waals surface area contributed by atoms with Crippen LogP contribution in [-0.4, -0.2) is 47.9 Å². The van der Waals surface area contributed by atoms with E-state index in [9.17, 15) is 8.42 Å². The zero-order valence-corrected chi connectivity index (χ0v) is 13.0. The van der Waals surface area contributed by atoms with Crippen molar-refractivity contribution in [3.63, 3.8) is 0 Å². The van der Waals surface area contributed by atoms with Gasteiger partial charge in [-0.1, -0.05) is 6.07 Å². The van der Waals surface area contributed by atoms with Crippen molar-refractivity contribution in [3.05, 3.63) is 23.9 Å². The molecular formula is C12H20N2O3S2. The highest BCUT2D eigenvalue weighted by molar-refractivity contribution is 7.98. The summed E-state index contributed by atoms with van der Waals surface area (Å²) in [6, 6.07) is 2.93. The standard InChI is InChI=1S/C12H20N2O3S2/c1-10(6-7-18-3)14(2)19(16,17)12-5-4-11(9-15)8-13-12/h4-5,8,10,15H,6-7,9H2,1-3H3. The number of thioether (sulfide) groups is 1. The first-order chi connectivity index (χ1) is 8.93. The summed E-state index contributed by atoms with van der Waals surface area (Å²) in [5, 5.41) is 8.94. The van der Waals surface area contributed by atoms with E-state index < -0.39 is 10.0 Å². The topological polar surface area (TPSA) is 70.5 Å². The average Bonchev–Trinajstić information content (AvgIpc) is 2.43. The van der Waals surface area contributed by atoms with Crippen LogP contribution in [0.5, 0.6) is 0 Å². The molecule has 0 aliphatic carbocycles. The van der Waals surface area contributed by atoms with Crippen molar-refractivity contribution in [1.29, 1.82) is 0 Å². The summed E-state index contributed by atoms with van der Waals surface area (Å²) in [4.78, 5) is 3.91. The predicted octanol–water partition coefficient (Wildman–Crippen LogP) is 1.34. The number of sulfonamides is 1. The van der Waals surface area contributed by atoms with Crippen molar-refractivity contribution in [2.24, 2.45) is 0 Å². The second-order valence-corrected chi connectivity index (χ2v) is 7.24. The summed E-state index contributed by atoms with van der Waals surface area (Å²) in [5.41, 5.74) is 0.594. The van der Waals surface area contributed by atoms with E-state index in [1.165, 1.54) is 16.6 Å². The van der Waals surface area contributed by atoms with Crippen LogP contribution >= 0.6 is 11.8 Å². The van der Waals surface area contributed by atoms with E-state index in [2.05, 4.69) is 4.98 Å². The van der Waals surface area contributed by atoms with Gasteiger partial charge in [0, 0.05) is 19.3 Å². The molecule has 0 aliphatic rings. The predicted molar refractivity (Wildman–Crippen MR) is 77.6 cm³/mol. The lowest BCUT2D eigenvalue weighted by atomic mass is 10.3. The highest BCUT2D eigenvalue weighted by Gasteiger charge is 2.26. The van der Waals surface area contributed by atoms with Crippen molar-refractivity contribution in [1.82, 2.24) is 9.29 Å². The molecule has 7 heteroatoms. The number of nitrogens with zero attached hydrogens (tertiary/aromatic N) is 2. The zero-order valence-electron chi connectivity index (χ0n) is 11.4. The first-order valence-corrected chi connectivity index (χ1v) is 8.79. The van der Waals surface area contributed by atoms with Crippen LogP contribution in [0.15, 0.2) is 23.4 Å². The molecule has 1 rings (SSSR count). The quantitative estimate of drug-likeness (QED) is 0.823. The largest absolute Gasteiger partial charge is 0.392 e. The van der Waals surface area contributed by atoms with Gasteiger partial charge in [-0.3, -0.25) is 0 Å². The van der Waals surface area contributed by atoms with Crippen molar-refractivity contribution >= 4 is 21.8 Å². The minimum absolute atomic E-state index is 0.0169. The van der Waals surface area contributed by atoms with Crippen LogP contribution in [0.1, 0.15) is 18.9 Å². The number of pyridine rings is 1. The summed E-state index contributed by atoms with van der Waals surface area (Å²) in [7, 11) is -1.99. The second-order valence-electron chi connectivity index (χ2n) is 4.31. The van der Waals surface area contributed by atoms with E-state index in [1.54, 1.807) is 24.9 Å². The fourth-order valence-corrected chi connectivity index (χ4v) is 3.39. The van der Waals surface area contributed by atoms with Crippen LogP contribution in [0.25, 0.3) is 0 Å². The van der Waals surface area contributed by atoms with Crippen molar-refractivity contribution in [2.45, 2.75) is 31.0 Å². The van der Waals surface area contributed by atoms with E-state index in [4.69, 9.17) is 5.11 Å². The molecule has 0 saturated heterocycles. The molecule has 1 aromatic rings. The maximum absolute atomic E-state index is 12.3. The third-order valence-corrected chi connectivity index (χ3v) is 5.52. The first-order valence-electron chi connectivity index (χ1n) is 5.96. The van der Waals surface area contributed by atoms with Gasteiger partial charge in [0.1, 0.15) is 0 Å². The lowest BCUT2D eigenvalue weighted by molar-refractivity contribution is 0.281. The van der Waals surface area contributed by atoms with Crippen LogP contribution in [0, 0.1) is 0 Å². The maximum atomic E-state index is 12.3. The Morgan fingerprint density at radius 2 is 2.16 bits per heavy atom. The Morgan fingerprint density at radius 3 is 2.63 bits per heavy atom. The van der Waals surface area contributed by atoms with Gasteiger partial charge in [0.15, 0.2) is 5.03 Å². The SMILES string of the molecule is CSCCC(C)N(C)S(=O)(=O)c1ccc(CO)cn1. The molecule has 0 spiro atoms. The number of aromatic nitrogens is 1. The maximum Gasteiger partial charge on any atom is 0.260 e. The van der Waals surface area contributed by atoms with Crippen molar-refractivity contribution in [3.8, 4) is 0 Å². The molecule has 19 heavy (non-hydrogen) atoms. The molecule has 0 radical (unpaired) electrons. The fourth-order valence-electron chi connectivity index (χ4n) is 1.51. The molecular weight excluding hydrogens is 284 g/mol. The molecule has 1 unspecified atom stereocenters. The van der Waals surface area contributed by atoms with Gasteiger partial charge in [-0.25, -0.2) is 13.4 Å². The molecule has 0 bridgehead atoms. The minimum Gasteiger partial charge on any atom is -0.392 e. The molecule has 108 valence electrons. The van der Waals surface area contributed by atoms with Crippen LogP contribution in [0.4, 0.5) is 0 Å². The highest BCUT2D eigenvalue weighted by atomic mass is 32.2. The molecule has 1 heterocycles. The highest BCUT2D eigenvalue weighted by Crippen LogP contribution is 2.17. The lowest BCUT2D eigenvalue weighted by Crippen LogP contribution is -2.35. The van der Waals surface area contributed by atoms with Gasteiger partial charge < -0.3 is 5.11 Å². The molecule has 0 aliphatic heterocycles. The second kappa shape index (κ2) is 7.23. The summed E-state index contributed by atoms with van der Waals surface area (Å²) in [5.74, 6) is 0.915. The van der Waals surface area contributed by atoms with Crippen LogP contribution in [0.2, 0.25) is 0 Å². The van der Waals surface area contributed by atoms with E-state index in [1.807, 2.05) is 13.2 Å². The van der Waals surface area contributed by atoms with Crippen LogP contribution in [0.3, 0.4) is 0 Å². The molecule has 1 N–H and O–H groups in total. The van der Waals surface area contributed by atoms with Gasteiger partial charge >= 0.3 is 0 Å². The number of aliphatic hydroxyl groups is 1. The summed E-state index contributed by atoms with van der Waals surface area (Å²) in [6.45, 7) is 1.74. The molecule has 1 atom stereocenters. The number of aliphatic hydroxyl groups excluding tert-OH is 1. The average molecular weight is 304 g/mol. The van der Waals surface area contributed by atoms with Gasteiger partial charge in [-0.2, -0.15) is 16.1 Å². The Kier molecular flexibility index (Phi) is 6.25. The summed E-state index contributed by atoms with van der Waals surface area (Å²) in [6.07, 6.45) is 4.18. The summed E-state index contributed by atoms with van der Waals surface area (Å²) < 4.78 is 26.0. The zero-order chi connectivity index (χ0) is 14.5. The normalized spacial score (nSPS) is 13.7. The Hall–Kier alpha value is -0.630. The van der Waals surface area contributed by atoms with Gasteiger partial charge in [-0.15, -0.1) is 0 Å². The Labute approximate surface area is 119 Å². The first kappa shape index (κ1) is 16.4. The Bertz CT molecular complexity index is 488. The third kappa shape index (κ3) is 4.17. The van der Waals surface area contributed by atoms with Gasteiger partial charge in [0.05, 0.1) is 6.61 Å². The molecule has 0 saturated carbocycles. The molecule has 0 amide bonds. The van der Waals surface area contributed by atoms with E-state index >= 15 is 0 Å². The smallest absolute Gasteiger partial charge is 0.260 e. The monoisotopic (exact) mass is 304 g/mol. The Balaban J connectivity index is 2.89. The summed E-state index contributed by atoms with van der Waals surface area (Å²) >= 11 is 1.69. The van der Waals surface area contributed by atoms with Crippen molar-refractivity contribution < 1.29 is 13.5 Å². The molecule has 5 nitrogen and oxygen atoms in total. The molecule has 0 fully saturated rings. The van der Waals surface area contributed by atoms with E-state index in [-0.39, 0.29) is 17.7 Å². The van der Waals surface area contributed by atoms with E-state index in [0.717, 1.165) is 12.2 Å². The minimum atomic E-state index is -3.56. The lowest BCUT2D eigenvalue weighted by Gasteiger charge is -2.23. The van der Waals surface area contributed by atoms with E-state index in [0.29, 0.717) is 5.56 Å². The molecule has 1 aromatic heterocycles. The molecule has 0 aromatic carbocycles. The van der Waals surface area contributed by atoms with Crippen LogP contribution in [-0.2, 0) is 16.6 Å². The third-order valence-electron chi connectivity index (χ3n) is 2.98. The number of hydrogen-bond donors (Lipinski definition) is 1.